The lowest BCUT2D eigenvalue weighted by Gasteiger charge is -1.95. The van der Waals surface area contributed by atoms with Crippen molar-refractivity contribution in [3.63, 3.8) is 0 Å². The lowest BCUT2D eigenvalue weighted by Crippen LogP contribution is -2.22. The largest absolute Gasteiger partial charge is 0.494 e. The maximum absolute atomic E-state index is 10.7. The fraction of sp³-hybridized carbons (Fsp3) is 0.500. The Morgan fingerprint density at radius 3 is 1.67 bits per heavy atom. The van der Waals surface area contributed by atoms with Gasteiger partial charge in [-0.25, -0.2) is 9.74 Å². The molecule has 3 nitrogen and oxygen atoms in total. The van der Waals surface area contributed by atoms with Crippen LogP contribution in [-0.4, -0.2) is 12.1 Å². The van der Waals surface area contributed by atoms with Gasteiger partial charge in [0.05, 0.1) is 0 Å². The van der Waals surface area contributed by atoms with E-state index in [4.69, 9.17) is 4.79 Å². The van der Waals surface area contributed by atoms with Crippen LogP contribution in [0.4, 0.5) is 17.7 Å². The van der Waals surface area contributed by atoms with Gasteiger partial charge in [0.25, 0.3) is 0 Å². The van der Waals surface area contributed by atoms with E-state index in [1.54, 1.807) is 0 Å². The smallest absolute Gasteiger partial charge is 0.344 e. The number of carbonyl (C=O) groups is 1. The number of halogens is 4. The van der Waals surface area contributed by atoms with Gasteiger partial charge in [-0.15, -0.1) is 0 Å². The molecule has 0 saturated carbocycles. The Hall–Kier alpha value is -0.850. The maximum Gasteiger partial charge on any atom is 0.494 e. The van der Waals surface area contributed by atoms with Gasteiger partial charge in [0.1, 0.15) is 0 Å². The Morgan fingerprint density at radius 2 is 1.67 bits per heavy atom. The van der Waals surface area contributed by atoms with Crippen LogP contribution in [0.3, 0.4) is 0 Å². The first-order valence-corrected chi connectivity index (χ1v) is 1.38. The van der Waals surface area contributed by atoms with E-state index in [0.717, 1.165) is 0 Å². The van der Waals surface area contributed by atoms with Crippen LogP contribution in [0.25, 0.3) is 0 Å². The Balaban J connectivity index is 0. The summed E-state index contributed by atoms with van der Waals surface area (Å²) in [7, 11) is 0. The zero-order chi connectivity index (χ0) is 6.78. The molecule has 0 rings (SSSR count). The third kappa shape index (κ3) is 3.71. The first-order chi connectivity index (χ1) is 3.48. The summed E-state index contributed by atoms with van der Waals surface area (Å²) < 4.78 is 42.5. The highest BCUT2D eigenvalue weighted by Crippen LogP contribution is 2.15. The molecule has 0 radical (unpaired) electrons. The zero-order valence-electron chi connectivity index (χ0n) is 4.04. The van der Waals surface area contributed by atoms with Crippen molar-refractivity contribution in [2.75, 3.05) is 0 Å². The molecule has 0 atom stereocenters. The summed E-state index contributed by atoms with van der Waals surface area (Å²) in [5.74, 6) is -2.84. The fourth-order valence-electron chi connectivity index (χ4n) is 0.0437. The Bertz CT molecular complexity index is 99.2. The molecule has 9 heavy (non-hydrogen) atoms. The SMILES string of the molecule is N.O=C(OF)C(F)(F)F. The number of alkyl halides is 3. The van der Waals surface area contributed by atoms with Gasteiger partial charge in [-0.2, -0.15) is 13.2 Å². The van der Waals surface area contributed by atoms with Crippen LogP contribution < -0.4 is 6.15 Å². The highest BCUT2D eigenvalue weighted by atomic mass is 19.4. The summed E-state index contributed by atoms with van der Waals surface area (Å²) in [4.78, 5) is 11.0. The van der Waals surface area contributed by atoms with Crippen LogP contribution in [0.5, 0.6) is 0 Å². The quantitative estimate of drug-likeness (QED) is 0.525. The highest BCUT2D eigenvalue weighted by Gasteiger charge is 2.42. The monoisotopic (exact) mass is 149 g/mol. The molecule has 56 valence electrons. The van der Waals surface area contributed by atoms with Gasteiger partial charge < -0.3 is 6.15 Å². The minimum absolute atomic E-state index is 0. The number of rotatable bonds is 0. The van der Waals surface area contributed by atoms with Crippen LogP contribution >= 0.6 is 0 Å². The number of carbonyl (C=O) groups excluding carboxylic acids is 1. The van der Waals surface area contributed by atoms with E-state index in [1.807, 2.05) is 4.94 Å². The molecule has 0 heterocycles. The number of hydrogen-bond acceptors (Lipinski definition) is 3. The van der Waals surface area contributed by atoms with Gasteiger partial charge in [0.2, 0.25) is 0 Å². The minimum Gasteiger partial charge on any atom is -0.344 e. The molecule has 7 heteroatoms. The second-order valence-electron chi connectivity index (χ2n) is 0.862. The van der Waals surface area contributed by atoms with Gasteiger partial charge in [0, 0.05) is 4.53 Å². The van der Waals surface area contributed by atoms with Crippen molar-refractivity contribution in [1.82, 2.24) is 6.15 Å². The summed E-state index contributed by atoms with van der Waals surface area (Å²) in [6.07, 6.45) is -5.23. The lowest BCUT2D eigenvalue weighted by atomic mass is 10.7. The van der Waals surface area contributed by atoms with Crippen molar-refractivity contribution >= 4 is 5.97 Å². The van der Waals surface area contributed by atoms with Crippen LogP contribution in [0, 0.1) is 0 Å². The standard InChI is InChI=1S/C2F4O2.H3N/c3-2(4,5)1(7)8-6;/h;1H3. The van der Waals surface area contributed by atoms with Gasteiger partial charge in [-0.1, -0.05) is 0 Å². The van der Waals surface area contributed by atoms with Crippen molar-refractivity contribution in [3.8, 4) is 0 Å². The number of hydrogen-bond donors (Lipinski definition) is 1. The van der Waals surface area contributed by atoms with E-state index in [9.17, 15) is 17.7 Å². The van der Waals surface area contributed by atoms with Gasteiger partial charge in [-0.3, -0.25) is 0 Å². The van der Waals surface area contributed by atoms with E-state index in [2.05, 4.69) is 0 Å². The fourth-order valence-corrected chi connectivity index (χ4v) is 0.0437. The molecule has 0 aliphatic carbocycles. The summed E-state index contributed by atoms with van der Waals surface area (Å²) in [5.41, 5.74) is 0. The molecule has 0 aliphatic rings. The Morgan fingerprint density at radius 1 is 1.33 bits per heavy atom. The Labute approximate surface area is 47.1 Å². The van der Waals surface area contributed by atoms with E-state index < -0.39 is 12.1 Å². The van der Waals surface area contributed by atoms with Gasteiger partial charge in [-0.05, 0) is 0 Å². The molecule has 0 aromatic heterocycles. The average molecular weight is 149 g/mol. The van der Waals surface area contributed by atoms with Crippen LogP contribution in [-0.2, 0) is 9.74 Å². The second kappa shape index (κ2) is 3.23. The summed E-state index contributed by atoms with van der Waals surface area (Å²) in [6, 6.07) is 0. The molecule has 0 aromatic rings. The van der Waals surface area contributed by atoms with E-state index in [-0.39, 0.29) is 6.15 Å². The molecule has 0 fully saturated rings. The first kappa shape index (κ1) is 11.0. The predicted molar refractivity (Wildman–Crippen MR) is 18.3 cm³/mol. The Kier molecular flexibility index (Phi) is 3.95. The molecule has 0 unspecified atom stereocenters. The minimum atomic E-state index is -5.23. The maximum atomic E-state index is 10.7. The van der Waals surface area contributed by atoms with Gasteiger partial charge in [0.15, 0.2) is 0 Å². The normalized spacial score (nSPS) is 9.78. The van der Waals surface area contributed by atoms with Crippen LogP contribution in [0.1, 0.15) is 0 Å². The molecular weight excluding hydrogens is 146 g/mol. The summed E-state index contributed by atoms with van der Waals surface area (Å²) >= 11 is 0. The van der Waals surface area contributed by atoms with Gasteiger partial charge >= 0.3 is 12.1 Å². The molecule has 0 aromatic carbocycles. The van der Waals surface area contributed by atoms with E-state index in [1.165, 1.54) is 0 Å². The molecule has 0 amide bonds. The van der Waals surface area contributed by atoms with E-state index in [0.29, 0.717) is 0 Å². The molecular formula is C2H3F4NO2. The lowest BCUT2D eigenvalue weighted by molar-refractivity contribution is -0.234. The molecule has 3 N–H and O–H groups in total. The average Bonchev–Trinajstić information content (AvgIpc) is 1.62. The van der Waals surface area contributed by atoms with E-state index >= 15 is 0 Å². The van der Waals surface area contributed by atoms with Crippen molar-refractivity contribution in [3.05, 3.63) is 0 Å². The molecule has 0 aliphatic heterocycles. The van der Waals surface area contributed by atoms with Crippen LogP contribution in [0.15, 0.2) is 0 Å². The summed E-state index contributed by atoms with van der Waals surface area (Å²) in [6.45, 7) is 0. The second-order valence-corrected chi connectivity index (χ2v) is 0.862. The van der Waals surface area contributed by atoms with Crippen LogP contribution in [0.2, 0.25) is 0 Å². The third-order valence-electron chi connectivity index (χ3n) is 0.302. The summed E-state index contributed by atoms with van der Waals surface area (Å²) in [5, 5.41) is 0. The highest BCUT2D eigenvalue weighted by molar-refractivity contribution is 5.74. The van der Waals surface area contributed by atoms with Crippen molar-refractivity contribution in [2.45, 2.75) is 6.18 Å². The van der Waals surface area contributed by atoms with Crippen molar-refractivity contribution in [2.24, 2.45) is 0 Å². The zero-order valence-corrected chi connectivity index (χ0v) is 4.04. The first-order valence-electron chi connectivity index (χ1n) is 1.38. The van der Waals surface area contributed by atoms with Crippen molar-refractivity contribution < 1.29 is 27.4 Å². The topological polar surface area (TPSA) is 61.3 Å². The third-order valence-corrected chi connectivity index (χ3v) is 0.302. The molecule has 0 spiro atoms. The van der Waals surface area contributed by atoms with Crippen molar-refractivity contribution in [1.29, 1.82) is 0 Å². The molecule has 0 saturated heterocycles. The predicted octanol–water partition coefficient (Wildman–Crippen LogP) is 1.14. The molecule has 0 bridgehead atoms.